The zero-order valence-electron chi connectivity index (χ0n) is 47.4. The first-order chi connectivity index (χ1) is 40.1. The second-order valence-electron chi connectivity index (χ2n) is 22.0. The Morgan fingerprint density at radius 1 is 0.663 bits per heavy atom. The van der Waals surface area contributed by atoms with Gasteiger partial charge in [-0.2, -0.15) is 0 Å². The highest BCUT2D eigenvalue weighted by Crippen LogP contribution is 2.43. The molecule has 17 heteroatoms. The number of ether oxygens (including phenoxy) is 1. The van der Waals surface area contributed by atoms with Gasteiger partial charge < -0.3 is 24.8 Å². The van der Waals surface area contributed by atoms with Crippen molar-refractivity contribution >= 4 is 80.9 Å². The van der Waals surface area contributed by atoms with Gasteiger partial charge in [0, 0.05) is 89.3 Å². The van der Waals surface area contributed by atoms with Gasteiger partial charge in [0.15, 0.2) is 11.6 Å². The lowest BCUT2D eigenvalue weighted by Gasteiger charge is -2.47. The smallest absolute Gasteiger partial charge is 0.338 e. The van der Waals surface area contributed by atoms with Crippen molar-refractivity contribution in [2.45, 2.75) is 95.2 Å². The summed E-state index contributed by atoms with van der Waals surface area (Å²) < 4.78 is 36.2. The second kappa shape index (κ2) is 23.8. The van der Waals surface area contributed by atoms with Crippen molar-refractivity contribution in [3.05, 3.63) is 159 Å². The molecular formula is C66H64F2N10O4Si. The highest BCUT2D eigenvalue weighted by atomic mass is 28.3. The van der Waals surface area contributed by atoms with Crippen molar-refractivity contribution in [1.29, 1.82) is 0 Å². The van der Waals surface area contributed by atoms with Crippen LogP contribution in [0.5, 0.6) is 0 Å². The Morgan fingerprint density at radius 2 is 1.17 bits per heavy atom. The van der Waals surface area contributed by atoms with Gasteiger partial charge in [-0.15, -0.1) is 12.0 Å². The van der Waals surface area contributed by atoms with Crippen LogP contribution >= 0.6 is 0 Å². The SMILES string of the molecule is C#Cc1cccc2cccc(-c3ncc4c(N5C[C@@H]6[C@H]5CCN6C(=O)C=C)ncnc4c3F)c12.C=CC(=O)OC(=O)C=C.CC(C)[Si](C#Cc1cccc2cccc(-c3ncc4c(N5C[C@H]6NCC[C@H]65)ncnc4c3F)c12)(C(C)C)C(C)C. The van der Waals surface area contributed by atoms with E-state index in [9.17, 15) is 14.4 Å². The average Bonchev–Trinajstić information content (AvgIpc) is 4.28. The molecule has 4 aliphatic heterocycles. The van der Waals surface area contributed by atoms with Crippen LogP contribution in [0.2, 0.25) is 16.6 Å². The lowest BCUT2D eigenvalue weighted by molar-refractivity contribution is -0.152. The maximum absolute atomic E-state index is 16.3. The summed E-state index contributed by atoms with van der Waals surface area (Å²) in [6.45, 7) is 26.9. The summed E-state index contributed by atoms with van der Waals surface area (Å²) in [4.78, 5) is 65.6. The van der Waals surface area contributed by atoms with E-state index in [-0.39, 0.29) is 29.2 Å². The summed E-state index contributed by atoms with van der Waals surface area (Å²) in [5, 5.41) is 8.41. The molecule has 0 aliphatic carbocycles. The molecular weight excluding hydrogens is 1060 g/mol. The molecule has 4 saturated heterocycles. The summed E-state index contributed by atoms with van der Waals surface area (Å²) in [6.07, 6.45) is 17.0. The quantitative estimate of drug-likeness (QED) is 0.0454. The number of halogens is 2. The van der Waals surface area contributed by atoms with Crippen molar-refractivity contribution in [3.8, 4) is 46.3 Å². The van der Waals surface area contributed by atoms with Gasteiger partial charge in [-0.3, -0.25) is 14.8 Å². The number of terminal acetylenes is 1. The Hall–Kier alpha value is -9.03. The van der Waals surface area contributed by atoms with Gasteiger partial charge in [0.05, 0.1) is 22.9 Å². The number of aromatic nitrogens is 6. The van der Waals surface area contributed by atoms with E-state index < -0.39 is 31.6 Å². The van der Waals surface area contributed by atoms with E-state index in [0.29, 0.717) is 80.7 Å². The molecule has 12 rings (SSSR count). The third-order valence-electron chi connectivity index (χ3n) is 16.9. The summed E-state index contributed by atoms with van der Waals surface area (Å²) in [6, 6.07) is 24.6. The minimum absolute atomic E-state index is 0.0570. The first kappa shape index (κ1) is 57.2. The van der Waals surface area contributed by atoms with Crippen molar-refractivity contribution in [2.75, 3.05) is 36.0 Å². The molecule has 0 unspecified atom stereocenters. The fraction of sp³-hybridized carbons (Fsp3) is 0.288. The van der Waals surface area contributed by atoms with Crippen molar-refractivity contribution < 1.29 is 27.9 Å². The van der Waals surface area contributed by atoms with Gasteiger partial charge in [0.2, 0.25) is 5.91 Å². The van der Waals surface area contributed by atoms with Crippen LogP contribution in [0.15, 0.2) is 136 Å². The van der Waals surface area contributed by atoms with Crippen LogP contribution in [0.3, 0.4) is 0 Å². The van der Waals surface area contributed by atoms with Crippen LogP contribution in [0.4, 0.5) is 20.4 Å². The molecule has 14 nitrogen and oxygen atoms in total. The molecule has 4 aromatic heterocycles. The van der Waals surface area contributed by atoms with Gasteiger partial charge in [-0.1, -0.05) is 134 Å². The summed E-state index contributed by atoms with van der Waals surface area (Å²) in [7, 11) is -1.94. The summed E-state index contributed by atoms with van der Waals surface area (Å²) in [5.41, 5.74) is 9.48. The minimum atomic E-state index is -1.94. The lowest BCUT2D eigenvalue weighted by Crippen LogP contribution is -2.63. The average molecular weight is 1130 g/mol. The number of esters is 2. The fourth-order valence-corrected chi connectivity index (χ4v) is 18.1. The molecule has 1 N–H and O–H groups in total. The minimum Gasteiger partial charge on any atom is -0.387 e. The van der Waals surface area contributed by atoms with E-state index in [1.165, 1.54) is 18.7 Å². The number of carbonyl (C=O) groups is 3. The highest BCUT2D eigenvalue weighted by molar-refractivity contribution is 6.90. The van der Waals surface area contributed by atoms with E-state index in [1.54, 1.807) is 12.4 Å². The number of benzene rings is 4. The van der Waals surface area contributed by atoms with E-state index in [2.05, 4.69) is 142 Å². The number of hydrogen-bond acceptors (Lipinski definition) is 13. The Kier molecular flexibility index (Phi) is 16.4. The number of likely N-dealkylation sites (tertiary alicyclic amines) is 1. The van der Waals surface area contributed by atoms with Crippen molar-refractivity contribution in [3.63, 3.8) is 0 Å². The van der Waals surface area contributed by atoms with E-state index in [0.717, 1.165) is 76.6 Å². The van der Waals surface area contributed by atoms with Gasteiger partial charge >= 0.3 is 11.9 Å². The van der Waals surface area contributed by atoms with Gasteiger partial charge in [-0.25, -0.2) is 38.3 Å². The first-order valence-electron chi connectivity index (χ1n) is 27.9. The fourth-order valence-electron chi connectivity index (χ4n) is 12.9. The Balaban J connectivity index is 0.000000163. The van der Waals surface area contributed by atoms with Crippen molar-refractivity contribution in [1.82, 2.24) is 40.1 Å². The first-order valence-corrected chi connectivity index (χ1v) is 30.1. The van der Waals surface area contributed by atoms with Crippen LogP contribution in [0, 0.1) is 35.4 Å². The third-order valence-corrected chi connectivity index (χ3v) is 23.2. The number of rotatable bonds is 10. The van der Waals surface area contributed by atoms with Gasteiger partial charge in [-0.05, 0) is 65.0 Å². The number of pyridine rings is 2. The Bertz CT molecular complexity index is 3990. The number of carbonyl (C=O) groups excluding carboxylic acids is 3. The molecule has 0 spiro atoms. The molecule has 420 valence electrons. The summed E-state index contributed by atoms with van der Waals surface area (Å²) in [5.74, 6) is 5.23. The normalized spacial score (nSPS) is 17.7. The number of hydrogen-bond donors (Lipinski definition) is 1. The van der Waals surface area contributed by atoms with Gasteiger partial charge in [0.25, 0.3) is 0 Å². The van der Waals surface area contributed by atoms with E-state index in [4.69, 9.17) is 11.4 Å². The lowest BCUT2D eigenvalue weighted by atomic mass is 9.95. The third kappa shape index (κ3) is 10.4. The predicted octanol–water partition coefficient (Wildman–Crippen LogP) is 11.5. The van der Waals surface area contributed by atoms with E-state index >= 15 is 8.78 Å². The molecule has 1 amide bonds. The van der Waals surface area contributed by atoms with E-state index in [1.807, 2.05) is 59.5 Å². The predicted molar refractivity (Wildman–Crippen MR) is 327 cm³/mol. The standard InChI is InChI=1S/C33H38FN5Si.C27H20FN5O.C6H6O3/c1-20(2)40(21(3)4,22(5)6)16-14-24-10-7-9-23-11-8-12-25(29(23)24)31-30(34)32-26(17-36-31)33(38-19-37-32)39-18-27-28(39)13-15-35-27;1-3-16-7-5-8-17-9-6-10-18(23(16)17)25-24(28)26-19(13-29-25)27(31-15-30-26)33-14-21-20(33)11-12-32(21)22(34)4-2;1-3-5(7)9-6(8)4-2/h7-12,17,19-22,27-28,35H,13,15,18H2,1-6H3;1,4-10,13,15,20-21H,2,11-12,14H2;3-4H,1-2H2/t27-,28-;20-,21-;/m11./s1. The molecule has 4 aliphatic rings. The maximum atomic E-state index is 16.3. The molecule has 0 radical (unpaired) electrons. The van der Waals surface area contributed by atoms with Gasteiger partial charge in [0.1, 0.15) is 54.8 Å². The second-order valence-corrected chi connectivity index (χ2v) is 27.6. The zero-order valence-corrected chi connectivity index (χ0v) is 48.4. The molecule has 4 atom stereocenters. The van der Waals surface area contributed by atoms with Crippen LogP contribution < -0.4 is 15.1 Å². The van der Waals surface area contributed by atoms with Crippen LogP contribution in [-0.4, -0.2) is 111 Å². The Morgan fingerprint density at radius 3 is 1.66 bits per heavy atom. The molecule has 0 saturated carbocycles. The van der Waals surface area contributed by atoms with Crippen LogP contribution in [0.25, 0.3) is 65.9 Å². The zero-order chi connectivity index (χ0) is 58.9. The Labute approximate surface area is 482 Å². The topological polar surface area (TPSA) is 160 Å². The molecule has 8 heterocycles. The largest absolute Gasteiger partial charge is 0.387 e. The number of nitrogens with zero attached hydrogens (tertiary/aromatic N) is 9. The number of fused-ring (bicyclic) bond motifs is 6. The number of anilines is 2. The molecule has 0 bridgehead atoms. The van der Waals surface area contributed by atoms with Crippen LogP contribution in [0.1, 0.15) is 65.5 Å². The number of nitrogens with one attached hydrogen (secondary N) is 1. The molecule has 83 heavy (non-hydrogen) atoms. The summed E-state index contributed by atoms with van der Waals surface area (Å²) >= 11 is 0. The van der Waals surface area contributed by atoms with Crippen molar-refractivity contribution in [2.24, 2.45) is 0 Å². The molecule has 8 aromatic rings. The number of amides is 1. The molecule has 4 aromatic carbocycles. The maximum Gasteiger partial charge on any atom is 0.338 e. The van der Waals surface area contributed by atoms with Crippen LogP contribution in [-0.2, 0) is 19.1 Å². The monoisotopic (exact) mass is 1130 g/mol. The molecule has 4 fully saturated rings. The highest BCUT2D eigenvalue weighted by Gasteiger charge is 2.49.